The third kappa shape index (κ3) is 2.00. The van der Waals surface area contributed by atoms with E-state index in [2.05, 4.69) is 0 Å². The fourth-order valence-electron chi connectivity index (χ4n) is 0.762. The Balaban J connectivity index is 3.28. The van der Waals surface area contributed by atoms with Crippen molar-refractivity contribution in [2.24, 2.45) is 0 Å². The first-order chi connectivity index (χ1) is 5.52. The SMILES string of the molecule is FC(F)c1c(Cl)cc(Cl)cc1Cl. The number of hydrogen-bond donors (Lipinski definition) is 0. The van der Waals surface area contributed by atoms with E-state index in [1.54, 1.807) is 0 Å². The van der Waals surface area contributed by atoms with Crippen molar-refractivity contribution in [2.45, 2.75) is 6.43 Å². The molecule has 0 radical (unpaired) electrons. The highest BCUT2D eigenvalue weighted by Crippen LogP contribution is 2.35. The van der Waals surface area contributed by atoms with Crippen LogP contribution >= 0.6 is 34.8 Å². The molecule has 0 nitrogen and oxygen atoms in total. The first kappa shape index (κ1) is 10.0. The second kappa shape index (κ2) is 3.77. The van der Waals surface area contributed by atoms with Gasteiger partial charge >= 0.3 is 0 Å². The molecule has 0 bridgehead atoms. The molecule has 1 aromatic rings. The van der Waals surface area contributed by atoms with Gasteiger partial charge in [-0.3, -0.25) is 0 Å². The molecular weight excluding hydrogens is 228 g/mol. The Kier molecular flexibility index (Phi) is 3.16. The molecule has 0 heterocycles. The molecule has 0 atom stereocenters. The average molecular weight is 231 g/mol. The predicted molar refractivity (Wildman–Crippen MR) is 46.4 cm³/mol. The maximum atomic E-state index is 12.2. The molecule has 0 amide bonds. The van der Waals surface area contributed by atoms with Crippen LogP contribution in [0.15, 0.2) is 12.1 Å². The second-order valence-electron chi connectivity index (χ2n) is 2.08. The van der Waals surface area contributed by atoms with Crippen molar-refractivity contribution in [3.05, 3.63) is 32.8 Å². The van der Waals surface area contributed by atoms with Gasteiger partial charge in [0.05, 0.1) is 15.6 Å². The van der Waals surface area contributed by atoms with Gasteiger partial charge in [-0.05, 0) is 12.1 Å². The summed E-state index contributed by atoms with van der Waals surface area (Å²) >= 11 is 16.5. The van der Waals surface area contributed by atoms with Gasteiger partial charge in [0.1, 0.15) is 0 Å². The summed E-state index contributed by atoms with van der Waals surface area (Å²) in [6, 6.07) is 2.47. The topological polar surface area (TPSA) is 0 Å². The van der Waals surface area contributed by atoms with E-state index in [1.165, 1.54) is 12.1 Å². The Morgan fingerprint density at radius 2 is 1.42 bits per heavy atom. The van der Waals surface area contributed by atoms with Gasteiger partial charge in [-0.25, -0.2) is 8.78 Å². The Labute approximate surface area is 83.0 Å². The largest absolute Gasteiger partial charge is 0.266 e. The molecule has 5 heteroatoms. The van der Waals surface area contributed by atoms with Crippen LogP contribution in [0.5, 0.6) is 0 Å². The number of hydrogen-bond acceptors (Lipinski definition) is 0. The van der Waals surface area contributed by atoms with Crippen LogP contribution in [0.25, 0.3) is 0 Å². The molecule has 0 fully saturated rings. The second-order valence-corrected chi connectivity index (χ2v) is 3.33. The van der Waals surface area contributed by atoms with Gasteiger partial charge in [-0.1, -0.05) is 34.8 Å². The summed E-state index contributed by atoms with van der Waals surface area (Å²) in [5.41, 5.74) is -0.372. The summed E-state index contributed by atoms with van der Waals surface area (Å²) in [6.45, 7) is 0. The molecular formula is C7H3Cl3F2. The number of halogens is 5. The predicted octanol–water partition coefficient (Wildman–Crippen LogP) is 4.58. The van der Waals surface area contributed by atoms with Crippen LogP contribution in [0.3, 0.4) is 0 Å². The number of alkyl halides is 2. The first-order valence-electron chi connectivity index (χ1n) is 2.95. The molecule has 0 aliphatic heterocycles. The van der Waals surface area contributed by atoms with Crippen molar-refractivity contribution in [3.63, 3.8) is 0 Å². The van der Waals surface area contributed by atoms with E-state index in [0.717, 1.165) is 0 Å². The van der Waals surface area contributed by atoms with Crippen LogP contribution in [0, 0.1) is 0 Å². The fourth-order valence-corrected chi connectivity index (χ4v) is 1.74. The summed E-state index contributed by atoms with van der Waals surface area (Å²) < 4.78 is 24.4. The Morgan fingerprint density at radius 1 is 1.00 bits per heavy atom. The van der Waals surface area contributed by atoms with Gasteiger partial charge in [-0.15, -0.1) is 0 Å². The molecule has 1 rings (SSSR count). The molecule has 0 aliphatic rings. The van der Waals surface area contributed by atoms with Gasteiger partial charge in [0.15, 0.2) is 0 Å². The highest BCUT2D eigenvalue weighted by Gasteiger charge is 2.16. The van der Waals surface area contributed by atoms with E-state index >= 15 is 0 Å². The molecule has 1 aromatic carbocycles. The van der Waals surface area contributed by atoms with Crippen LogP contribution in [0.4, 0.5) is 8.78 Å². The molecule has 0 unspecified atom stereocenters. The van der Waals surface area contributed by atoms with Crippen molar-refractivity contribution in [1.29, 1.82) is 0 Å². The van der Waals surface area contributed by atoms with Crippen molar-refractivity contribution < 1.29 is 8.78 Å². The summed E-state index contributed by atoms with van der Waals surface area (Å²) in [4.78, 5) is 0. The van der Waals surface area contributed by atoms with Crippen LogP contribution in [-0.4, -0.2) is 0 Å². The van der Waals surface area contributed by atoms with Gasteiger partial charge < -0.3 is 0 Å². The van der Waals surface area contributed by atoms with Crippen molar-refractivity contribution in [1.82, 2.24) is 0 Å². The van der Waals surface area contributed by atoms with E-state index in [4.69, 9.17) is 34.8 Å². The number of rotatable bonds is 1. The van der Waals surface area contributed by atoms with Crippen molar-refractivity contribution in [2.75, 3.05) is 0 Å². The molecule has 0 aromatic heterocycles. The minimum Gasteiger partial charge on any atom is -0.205 e. The highest BCUT2D eigenvalue weighted by molar-refractivity contribution is 6.39. The lowest BCUT2D eigenvalue weighted by atomic mass is 10.2. The minimum absolute atomic E-state index is 0.109. The van der Waals surface area contributed by atoms with Crippen LogP contribution < -0.4 is 0 Å². The summed E-state index contributed by atoms with van der Waals surface area (Å²) in [5.74, 6) is 0. The van der Waals surface area contributed by atoms with Crippen molar-refractivity contribution in [3.8, 4) is 0 Å². The fraction of sp³-hybridized carbons (Fsp3) is 0.143. The normalized spacial score (nSPS) is 10.8. The van der Waals surface area contributed by atoms with E-state index in [-0.39, 0.29) is 20.6 Å². The summed E-state index contributed by atoms with van der Waals surface area (Å²) in [6.07, 6.45) is -2.68. The Bertz CT molecular complexity index is 276. The van der Waals surface area contributed by atoms with E-state index in [9.17, 15) is 8.78 Å². The smallest absolute Gasteiger partial charge is 0.205 e. The third-order valence-corrected chi connectivity index (χ3v) is 2.11. The lowest BCUT2D eigenvalue weighted by Crippen LogP contribution is -1.87. The zero-order chi connectivity index (χ0) is 9.30. The maximum Gasteiger partial charge on any atom is 0.266 e. The van der Waals surface area contributed by atoms with Gasteiger partial charge in [-0.2, -0.15) is 0 Å². The standard InChI is InChI=1S/C7H3Cl3F2/c8-3-1-4(9)6(7(11)12)5(10)2-3/h1-2,7H. The van der Waals surface area contributed by atoms with E-state index < -0.39 is 6.43 Å². The summed E-state index contributed by atoms with van der Waals surface area (Å²) in [5, 5.41) is 0.0272. The van der Waals surface area contributed by atoms with E-state index in [0.29, 0.717) is 0 Å². The number of benzene rings is 1. The third-order valence-electron chi connectivity index (χ3n) is 1.26. The highest BCUT2D eigenvalue weighted by atomic mass is 35.5. The van der Waals surface area contributed by atoms with Crippen molar-refractivity contribution >= 4 is 34.8 Å². The van der Waals surface area contributed by atoms with Crippen LogP contribution in [0.2, 0.25) is 15.1 Å². The molecule has 12 heavy (non-hydrogen) atoms. The minimum atomic E-state index is -2.68. The molecule has 66 valence electrons. The van der Waals surface area contributed by atoms with Crippen LogP contribution in [0.1, 0.15) is 12.0 Å². The lowest BCUT2D eigenvalue weighted by Gasteiger charge is -2.05. The zero-order valence-corrected chi connectivity index (χ0v) is 7.89. The molecule has 0 saturated carbocycles. The maximum absolute atomic E-state index is 12.2. The first-order valence-corrected chi connectivity index (χ1v) is 4.08. The molecule has 0 aliphatic carbocycles. The average Bonchev–Trinajstić information content (AvgIpc) is 1.82. The zero-order valence-electron chi connectivity index (χ0n) is 5.62. The monoisotopic (exact) mass is 230 g/mol. The molecule has 0 spiro atoms. The van der Waals surface area contributed by atoms with E-state index in [1.807, 2.05) is 0 Å². The van der Waals surface area contributed by atoms with Gasteiger partial charge in [0.2, 0.25) is 0 Å². The molecule has 0 saturated heterocycles. The quantitative estimate of drug-likeness (QED) is 0.663. The van der Waals surface area contributed by atoms with Crippen LogP contribution in [-0.2, 0) is 0 Å². The van der Waals surface area contributed by atoms with Gasteiger partial charge in [0.25, 0.3) is 6.43 Å². The lowest BCUT2D eigenvalue weighted by molar-refractivity contribution is 0.151. The summed E-state index contributed by atoms with van der Waals surface area (Å²) in [7, 11) is 0. The Hall–Kier alpha value is -0.0500. The Morgan fingerprint density at radius 3 is 1.75 bits per heavy atom. The van der Waals surface area contributed by atoms with Gasteiger partial charge in [0, 0.05) is 5.02 Å². The molecule has 0 N–H and O–H groups in total.